The van der Waals surface area contributed by atoms with Gasteiger partial charge in [0.05, 0.1) is 28.2 Å². The monoisotopic (exact) mass is 263 g/mol. The molecule has 3 rings (SSSR count). The Morgan fingerprint density at radius 3 is 2.85 bits per heavy atom. The normalized spacial score (nSPS) is 10.3. The van der Waals surface area contributed by atoms with E-state index < -0.39 is 5.97 Å². The lowest BCUT2D eigenvalue weighted by Gasteiger charge is -2.04. The van der Waals surface area contributed by atoms with E-state index in [0.717, 1.165) is 11.2 Å². The zero-order chi connectivity index (χ0) is 14.1. The van der Waals surface area contributed by atoms with Crippen molar-refractivity contribution in [1.29, 1.82) is 5.26 Å². The third kappa shape index (κ3) is 1.89. The van der Waals surface area contributed by atoms with Gasteiger partial charge in [-0.25, -0.2) is 9.78 Å². The number of imidazole rings is 1. The number of carbonyl (C=O) groups is 1. The largest absolute Gasteiger partial charge is 0.478 e. The molecule has 1 N–H and O–H groups in total. The Bertz CT molecular complexity index is 859. The second kappa shape index (κ2) is 4.52. The molecule has 0 amide bonds. The maximum atomic E-state index is 10.9. The minimum atomic E-state index is -0.979. The number of nitriles is 1. The first-order valence-electron chi connectivity index (χ1n) is 5.90. The number of aromatic carboxylic acids is 1. The molecule has 0 aliphatic carbocycles. The standard InChI is InChI=1S/C15H9N3O2/c16-8-10-2-1-3-12(6-10)18-9-17-13-7-11(15(19)20)4-5-14(13)18/h1-7,9H,(H,19,20). The van der Waals surface area contributed by atoms with Gasteiger partial charge >= 0.3 is 5.97 Å². The first-order valence-corrected chi connectivity index (χ1v) is 5.90. The molecule has 0 bridgehead atoms. The summed E-state index contributed by atoms with van der Waals surface area (Å²) in [7, 11) is 0. The van der Waals surface area contributed by atoms with Gasteiger partial charge in [0.25, 0.3) is 0 Å². The topological polar surface area (TPSA) is 78.9 Å². The average molecular weight is 263 g/mol. The van der Waals surface area contributed by atoms with Crippen molar-refractivity contribution in [3.8, 4) is 11.8 Å². The van der Waals surface area contributed by atoms with E-state index in [0.29, 0.717) is 11.1 Å². The summed E-state index contributed by atoms with van der Waals surface area (Å²) in [5.74, 6) is -0.979. The molecule has 0 saturated carbocycles. The zero-order valence-electron chi connectivity index (χ0n) is 10.3. The van der Waals surface area contributed by atoms with Crippen molar-refractivity contribution >= 4 is 17.0 Å². The lowest BCUT2D eigenvalue weighted by molar-refractivity contribution is 0.0697. The number of carboxylic acids is 1. The molecule has 5 heteroatoms. The van der Waals surface area contributed by atoms with Crippen molar-refractivity contribution < 1.29 is 9.90 Å². The fourth-order valence-electron chi connectivity index (χ4n) is 2.08. The van der Waals surface area contributed by atoms with Gasteiger partial charge in [0, 0.05) is 5.69 Å². The van der Waals surface area contributed by atoms with Crippen molar-refractivity contribution in [2.45, 2.75) is 0 Å². The van der Waals surface area contributed by atoms with Crippen LogP contribution in [0, 0.1) is 11.3 Å². The van der Waals surface area contributed by atoms with Crippen LogP contribution < -0.4 is 0 Å². The van der Waals surface area contributed by atoms with Crippen LogP contribution in [0.2, 0.25) is 0 Å². The number of fused-ring (bicyclic) bond motifs is 1. The summed E-state index contributed by atoms with van der Waals surface area (Å²) in [6, 6.07) is 14.0. The van der Waals surface area contributed by atoms with Crippen LogP contribution in [0.15, 0.2) is 48.8 Å². The van der Waals surface area contributed by atoms with Crippen LogP contribution in [0.4, 0.5) is 0 Å². The van der Waals surface area contributed by atoms with Gasteiger partial charge in [-0.3, -0.25) is 4.57 Å². The molecule has 0 saturated heterocycles. The highest BCUT2D eigenvalue weighted by Gasteiger charge is 2.09. The van der Waals surface area contributed by atoms with E-state index in [4.69, 9.17) is 10.4 Å². The quantitative estimate of drug-likeness (QED) is 0.770. The molecule has 0 unspecified atom stereocenters. The van der Waals surface area contributed by atoms with E-state index in [1.807, 2.05) is 10.6 Å². The van der Waals surface area contributed by atoms with E-state index in [1.54, 1.807) is 30.6 Å². The molecule has 0 atom stereocenters. The number of carboxylic acid groups (broad SMARTS) is 1. The number of rotatable bonds is 2. The minimum Gasteiger partial charge on any atom is -0.478 e. The highest BCUT2D eigenvalue weighted by molar-refractivity contribution is 5.92. The summed E-state index contributed by atoms with van der Waals surface area (Å²) < 4.78 is 1.82. The predicted octanol–water partition coefficient (Wildman–Crippen LogP) is 2.60. The fraction of sp³-hybridized carbons (Fsp3) is 0. The van der Waals surface area contributed by atoms with Gasteiger partial charge in [-0.05, 0) is 36.4 Å². The van der Waals surface area contributed by atoms with Crippen LogP contribution in [0.5, 0.6) is 0 Å². The average Bonchev–Trinajstić information content (AvgIpc) is 2.90. The molecule has 1 heterocycles. The number of hydrogen-bond acceptors (Lipinski definition) is 3. The Labute approximate surface area is 114 Å². The summed E-state index contributed by atoms with van der Waals surface area (Å²) in [5.41, 5.74) is 2.98. The SMILES string of the molecule is N#Cc1cccc(-n2cnc3cc(C(=O)O)ccc32)c1. The maximum Gasteiger partial charge on any atom is 0.335 e. The number of benzene rings is 2. The van der Waals surface area contributed by atoms with Gasteiger partial charge in [-0.15, -0.1) is 0 Å². The van der Waals surface area contributed by atoms with E-state index >= 15 is 0 Å². The van der Waals surface area contributed by atoms with Gasteiger partial charge in [-0.1, -0.05) is 6.07 Å². The summed E-state index contributed by atoms with van der Waals surface area (Å²) in [6.45, 7) is 0. The van der Waals surface area contributed by atoms with Gasteiger partial charge in [-0.2, -0.15) is 5.26 Å². The van der Waals surface area contributed by atoms with E-state index in [2.05, 4.69) is 11.1 Å². The van der Waals surface area contributed by atoms with E-state index in [1.165, 1.54) is 12.1 Å². The van der Waals surface area contributed by atoms with Crippen LogP contribution in [0.1, 0.15) is 15.9 Å². The van der Waals surface area contributed by atoms with Gasteiger partial charge in [0.2, 0.25) is 0 Å². The Morgan fingerprint density at radius 2 is 2.10 bits per heavy atom. The summed E-state index contributed by atoms with van der Waals surface area (Å²) in [5, 5.41) is 17.9. The number of aromatic nitrogens is 2. The summed E-state index contributed by atoms with van der Waals surface area (Å²) >= 11 is 0. The number of hydrogen-bond donors (Lipinski definition) is 1. The van der Waals surface area contributed by atoms with E-state index in [-0.39, 0.29) is 5.56 Å². The molecule has 1 aromatic heterocycles. The van der Waals surface area contributed by atoms with Crippen LogP contribution in [-0.4, -0.2) is 20.6 Å². The molecule has 0 radical (unpaired) electrons. The molecule has 96 valence electrons. The van der Waals surface area contributed by atoms with Crippen LogP contribution in [-0.2, 0) is 0 Å². The Kier molecular flexibility index (Phi) is 2.70. The van der Waals surface area contributed by atoms with Crippen molar-refractivity contribution in [3.63, 3.8) is 0 Å². The molecule has 5 nitrogen and oxygen atoms in total. The molecule has 0 spiro atoms. The fourth-order valence-corrected chi connectivity index (χ4v) is 2.08. The summed E-state index contributed by atoms with van der Waals surface area (Å²) in [4.78, 5) is 15.1. The Balaban J connectivity index is 2.17. The molecular formula is C15H9N3O2. The zero-order valence-corrected chi connectivity index (χ0v) is 10.3. The Morgan fingerprint density at radius 1 is 1.25 bits per heavy atom. The molecule has 0 fully saturated rings. The van der Waals surface area contributed by atoms with Crippen molar-refractivity contribution in [2.24, 2.45) is 0 Å². The molecule has 0 aliphatic heterocycles. The van der Waals surface area contributed by atoms with Crippen molar-refractivity contribution in [1.82, 2.24) is 9.55 Å². The predicted molar refractivity (Wildman–Crippen MR) is 72.7 cm³/mol. The van der Waals surface area contributed by atoms with Crippen molar-refractivity contribution in [3.05, 3.63) is 59.9 Å². The third-order valence-corrected chi connectivity index (χ3v) is 3.05. The third-order valence-electron chi connectivity index (χ3n) is 3.05. The molecule has 3 aromatic rings. The van der Waals surface area contributed by atoms with Crippen LogP contribution in [0.3, 0.4) is 0 Å². The molecule has 2 aromatic carbocycles. The lowest BCUT2D eigenvalue weighted by atomic mass is 10.2. The second-order valence-electron chi connectivity index (χ2n) is 4.29. The van der Waals surface area contributed by atoms with Gasteiger partial charge in [0.1, 0.15) is 6.33 Å². The highest BCUT2D eigenvalue weighted by atomic mass is 16.4. The first-order chi connectivity index (χ1) is 9.69. The summed E-state index contributed by atoms with van der Waals surface area (Å²) in [6.07, 6.45) is 1.62. The van der Waals surface area contributed by atoms with Crippen molar-refractivity contribution in [2.75, 3.05) is 0 Å². The van der Waals surface area contributed by atoms with E-state index in [9.17, 15) is 4.79 Å². The minimum absolute atomic E-state index is 0.202. The van der Waals surface area contributed by atoms with Gasteiger partial charge in [0.15, 0.2) is 0 Å². The second-order valence-corrected chi connectivity index (χ2v) is 4.29. The van der Waals surface area contributed by atoms with Gasteiger partial charge < -0.3 is 5.11 Å². The molecule has 0 aliphatic rings. The number of nitrogens with zero attached hydrogens (tertiary/aromatic N) is 3. The lowest BCUT2D eigenvalue weighted by Crippen LogP contribution is -1.96. The smallest absolute Gasteiger partial charge is 0.335 e. The van der Waals surface area contributed by atoms with Crippen LogP contribution >= 0.6 is 0 Å². The highest BCUT2D eigenvalue weighted by Crippen LogP contribution is 2.20. The molecular weight excluding hydrogens is 254 g/mol. The van der Waals surface area contributed by atoms with Crippen LogP contribution in [0.25, 0.3) is 16.7 Å². The molecule has 20 heavy (non-hydrogen) atoms. The Hall–Kier alpha value is -3.13. The maximum absolute atomic E-state index is 10.9. The first kappa shape index (κ1) is 11.9.